The van der Waals surface area contributed by atoms with Crippen molar-refractivity contribution in [2.45, 2.75) is 25.6 Å². The maximum absolute atomic E-state index is 13.1. The average Bonchev–Trinajstić information content (AvgIpc) is 2.26. The van der Waals surface area contributed by atoms with Crippen LogP contribution < -0.4 is 11.1 Å². The van der Waals surface area contributed by atoms with Crippen LogP contribution >= 0.6 is 12.2 Å². The molecule has 1 amide bonds. The van der Waals surface area contributed by atoms with Crippen molar-refractivity contribution >= 4 is 23.1 Å². The van der Waals surface area contributed by atoms with Gasteiger partial charge in [0.25, 0.3) is 5.91 Å². The van der Waals surface area contributed by atoms with Gasteiger partial charge in [-0.3, -0.25) is 4.79 Å². The molecule has 0 saturated heterocycles. The quantitative estimate of drug-likeness (QED) is 0.667. The number of benzene rings is 1. The summed E-state index contributed by atoms with van der Waals surface area (Å²) in [5.41, 5.74) is 2.49. The monoisotopic (exact) mass is 308 g/mol. The van der Waals surface area contributed by atoms with E-state index in [1.54, 1.807) is 0 Å². The highest BCUT2D eigenvalue weighted by Gasteiger charge is 2.35. The predicted molar refractivity (Wildman–Crippen MR) is 69.7 cm³/mol. The lowest BCUT2D eigenvalue weighted by Gasteiger charge is -2.24. The largest absolute Gasteiger partial charge is 0.419 e. The molecule has 3 N–H and O–H groups in total. The van der Waals surface area contributed by atoms with Gasteiger partial charge < -0.3 is 11.1 Å². The normalized spacial score (nSPS) is 12.1. The first-order valence-corrected chi connectivity index (χ1v) is 5.85. The Balaban J connectivity index is 3.10. The molecule has 0 aromatic heterocycles. The number of nitrogens with one attached hydrogen (secondary N) is 1. The van der Waals surface area contributed by atoms with Gasteiger partial charge in [-0.15, -0.1) is 0 Å². The third-order valence-electron chi connectivity index (χ3n) is 2.58. The third-order valence-corrected chi connectivity index (χ3v) is 3.09. The summed E-state index contributed by atoms with van der Waals surface area (Å²) in [7, 11) is 0. The number of hydrogen-bond acceptors (Lipinski definition) is 2. The van der Waals surface area contributed by atoms with Crippen molar-refractivity contribution < 1.29 is 22.4 Å². The fourth-order valence-corrected chi connectivity index (χ4v) is 1.35. The number of rotatable bonds is 3. The number of hydrogen-bond donors (Lipinski definition) is 2. The zero-order valence-electron chi connectivity index (χ0n) is 10.6. The minimum atomic E-state index is -4.88. The molecule has 0 unspecified atom stereocenters. The van der Waals surface area contributed by atoms with E-state index >= 15 is 0 Å². The second-order valence-electron chi connectivity index (χ2n) is 4.64. The molecule has 0 aliphatic carbocycles. The van der Waals surface area contributed by atoms with Crippen LogP contribution in [0.3, 0.4) is 0 Å². The fraction of sp³-hybridized carbons (Fsp3) is 0.333. The van der Waals surface area contributed by atoms with Crippen molar-refractivity contribution in [2.75, 3.05) is 0 Å². The minimum Gasteiger partial charge on any atom is -0.391 e. The first kappa shape index (κ1) is 16.4. The second kappa shape index (κ2) is 5.35. The van der Waals surface area contributed by atoms with Crippen molar-refractivity contribution in [3.8, 4) is 0 Å². The molecule has 0 fully saturated rings. The number of alkyl halides is 3. The molecule has 0 bridgehead atoms. The molecule has 0 atom stereocenters. The zero-order valence-corrected chi connectivity index (χ0v) is 11.5. The van der Waals surface area contributed by atoms with Crippen LogP contribution in [0.25, 0.3) is 0 Å². The molecule has 0 spiro atoms. The number of nitrogens with two attached hydrogens (primary N) is 1. The van der Waals surface area contributed by atoms with Gasteiger partial charge in [0.2, 0.25) is 0 Å². The van der Waals surface area contributed by atoms with Crippen LogP contribution in [0.1, 0.15) is 29.8 Å². The summed E-state index contributed by atoms with van der Waals surface area (Å²) in [6, 6.07) is 1.99. The predicted octanol–water partition coefficient (Wildman–Crippen LogP) is 2.64. The van der Waals surface area contributed by atoms with Gasteiger partial charge in [0.05, 0.1) is 16.1 Å². The Morgan fingerprint density at radius 2 is 1.85 bits per heavy atom. The van der Waals surface area contributed by atoms with E-state index in [-0.39, 0.29) is 10.6 Å². The Hall–Kier alpha value is -1.70. The Morgan fingerprint density at radius 3 is 2.30 bits per heavy atom. The molecule has 20 heavy (non-hydrogen) atoms. The van der Waals surface area contributed by atoms with Gasteiger partial charge in [0.15, 0.2) is 0 Å². The van der Waals surface area contributed by atoms with E-state index in [1.807, 2.05) is 0 Å². The van der Waals surface area contributed by atoms with Gasteiger partial charge in [-0.2, -0.15) is 13.2 Å². The molecule has 8 heteroatoms. The molecule has 0 heterocycles. The van der Waals surface area contributed by atoms with E-state index in [2.05, 4.69) is 5.32 Å². The second-order valence-corrected chi connectivity index (χ2v) is 5.08. The Bertz CT molecular complexity index is 555. The molecule has 1 aromatic rings. The highest BCUT2D eigenvalue weighted by atomic mass is 32.1. The van der Waals surface area contributed by atoms with Crippen LogP contribution in [-0.4, -0.2) is 16.4 Å². The van der Waals surface area contributed by atoms with Crippen molar-refractivity contribution in [2.24, 2.45) is 5.73 Å². The smallest absolute Gasteiger partial charge is 0.391 e. The van der Waals surface area contributed by atoms with Gasteiger partial charge >= 0.3 is 6.18 Å². The molecule has 3 nitrogen and oxygen atoms in total. The standard InChI is InChI=1S/C12H12F4N2OS/c1-11(2,10(17)20)18-9(19)6-3-4-8(13)7(5-6)12(14,15)16/h3-5H,1-2H3,(H2,17,20)(H,18,19). The number of thiocarbonyl (C=S) groups is 1. The lowest BCUT2D eigenvalue weighted by Crippen LogP contribution is -2.52. The van der Waals surface area contributed by atoms with Gasteiger partial charge in [-0.05, 0) is 32.0 Å². The highest BCUT2D eigenvalue weighted by Crippen LogP contribution is 2.31. The lowest BCUT2D eigenvalue weighted by atomic mass is 10.0. The van der Waals surface area contributed by atoms with E-state index < -0.39 is 29.0 Å². The number of carbonyl (C=O) groups is 1. The van der Waals surface area contributed by atoms with Gasteiger partial charge in [-0.1, -0.05) is 12.2 Å². The molecule has 110 valence electrons. The lowest BCUT2D eigenvalue weighted by molar-refractivity contribution is -0.140. The van der Waals surface area contributed by atoms with Crippen LogP contribution in [0.2, 0.25) is 0 Å². The van der Waals surface area contributed by atoms with Gasteiger partial charge in [0, 0.05) is 5.56 Å². The summed E-state index contributed by atoms with van der Waals surface area (Å²) < 4.78 is 50.7. The van der Waals surface area contributed by atoms with Crippen LogP contribution in [0.15, 0.2) is 18.2 Å². The van der Waals surface area contributed by atoms with Crippen molar-refractivity contribution in [1.29, 1.82) is 0 Å². The Morgan fingerprint density at radius 1 is 1.30 bits per heavy atom. The maximum atomic E-state index is 13.1. The summed E-state index contributed by atoms with van der Waals surface area (Å²) in [5, 5.41) is 2.38. The summed E-state index contributed by atoms with van der Waals surface area (Å²) in [4.78, 5) is 11.8. The Labute approximate surface area is 118 Å². The van der Waals surface area contributed by atoms with Crippen molar-refractivity contribution in [3.63, 3.8) is 0 Å². The van der Waals surface area contributed by atoms with Crippen molar-refractivity contribution in [1.82, 2.24) is 5.32 Å². The number of carbonyl (C=O) groups excluding carboxylic acids is 1. The molecule has 1 rings (SSSR count). The maximum Gasteiger partial charge on any atom is 0.419 e. The number of halogens is 4. The summed E-state index contributed by atoms with van der Waals surface area (Å²) in [6.45, 7) is 3.00. The number of amides is 1. The van der Waals surface area contributed by atoms with Crippen LogP contribution in [0.5, 0.6) is 0 Å². The minimum absolute atomic E-state index is 0.0241. The molecule has 1 aromatic carbocycles. The molecule has 0 aliphatic heterocycles. The highest BCUT2D eigenvalue weighted by molar-refractivity contribution is 7.80. The summed E-state index contributed by atoms with van der Waals surface area (Å²) in [6.07, 6.45) is -4.88. The van der Waals surface area contributed by atoms with Crippen LogP contribution in [0, 0.1) is 5.82 Å². The first-order valence-electron chi connectivity index (χ1n) is 5.44. The molecular formula is C12H12F4N2OS. The molecule has 0 aliphatic rings. The fourth-order valence-electron chi connectivity index (χ4n) is 1.30. The van der Waals surface area contributed by atoms with Crippen LogP contribution in [0.4, 0.5) is 17.6 Å². The van der Waals surface area contributed by atoms with E-state index in [1.165, 1.54) is 13.8 Å². The topological polar surface area (TPSA) is 55.1 Å². The molecular weight excluding hydrogens is 296 g/mol. The summed E-state index contributed by atoms with van der Waals surface area (Å²) >= 11 is 4.73. The Kier molecular flexibility index (Phi) is 4.38. The van der Waals surface area contributed by atoms with E-state index in [0.29, 0.717) is 12.1 Å². The van der Waals surface area contributed by atoms with Crippen molar-refractivity contribution in [3.05, 3.63) is 35.1 Å². The van der Waals surface area contributed by atoms with E-state index in [9.17, 15) is 22.4 Å². The van der Waals surface area contributed by atoms with E-state index in [4.69, 9.17) is 18.0 Å². The third kappa shape index (κ3) is 3.66. The molecule has 0 saturated carbocycles. The SMILES string of the molecule is CC(C)(NC(=O)c1ccc(F)c(C(F)(F)F)c1)C(N)=S. The van der Waals surface area contributed by atoms with E-state index in [0.717, 1.165) is 6.07 Å². The average molecular weight is 308 g/mol. The van der Waals surface area contributed by atoms with Gasteiger partial charge in [-0.25, -0.2) is 4.39 Å². The first-order chi connectivity index (χ1) is 8.95. The van der Waals surface area contributed by atoms with Crippen LogP contribution in [-0.2, 0) is 6.18 Å². The zero-order chi connectivity index (χ0) is 15.7. The summed E-state index contributed by atoms with van der Waals surface area (Å²) in [5.74, 6) is -2.27. The van der Waals surface area contributed by atoms with Gasteiger partial charge in [0.1, 0.15) is 5.82 Å². The molecule has 0 radical (unpaired) electrons.